The Balaban J connectivity index is 2.03. The van der Waals surface area contributed by atoms with Crippen molar-refractivity contribution in [3.05, 3.63) is 29.7 Å². The van der Waals surface area contributed by atoms with Crippen LogP contribution in [-0.4, -0.2) is 11.8 Å². The molecule has 1 aromatic heterocycles. The Hall–Kier alpha value is -1.97. The number of oxazole rings is 1. The Labute approximate surface area is 99.2 Å². The van der Waals surface area contributed by atoms with Crippen molar-refractivity contribution in [3.8, 4) is 23.0 Å². The minimum atomic E-state index is 0.281. The van der Waals surface area contributed by atoms with Crippen molar-refractivity contribution in [1.29, 1.82) is 0 Å². The van der Waals surface area contributed by atoms with Crippen LogP contribution in [-0.2, 0) is 6.42 Å². The van der Waals surface area contributed by atoms with Gasteiger partial charge in [-0.25, -0.2) is 4.98 Å². The van der Waals surface area contributed by atoms with Gasteiger partial charge in [-0.15, -0.1) is 0 Å². The molecule has 17 heavy (non-hydrogen) atoms. The molecule has 4 heteroatoms. The van der Waals surface area contributed by atoms with Crippen LogP contribution in [0.2, 0.25) is 0 Å². The smallest absolute Gasteiger partial charge is 0.231 e. The second-order valence-corrected chi connectivity index (χ2v) is 3.94. The van der Waals surface area contributed by atoms with Gasteiger partial charge in [0.15, 0.2) is 11.5 Å². The van der Waals surface area contributed by atoms with E-state index < -0.39 is 0 Å². The first-order valence-electron chi connectivity index (χ1n) is 5.64. The predicted octanol–water partition coefficient (Wildman–Crippen LogP) is 2.94. The maximum atomic E-state index is 5.64. The topological polar surface area (TPSA) is 44.5 Å². The fraction of sp³-hybridized carbons (Fsp3) is 0.308. The Bertz CT molecular complexity index is 560. The van der Waals surface area contributed by atoms with Crippen LogP contribution in [0.5, 0.6) is 11.5 Å². The van der Waals surface area contributed by atoms with Gasteiger partial charge in [-0.05, 0) is 31.5 Å². The Kier molecular flexibility index (Phi) is 2.28. The molecule has 0 aliphatic carbocycles. The summed E-state index contributed by atoms with van der Waals surface area (Å²) >= 11 is 0. The number of hydrogen-bond acceptors (Lipinski definition) is 4. The lowest BCUT2D eigenvalue weighted by Gasteiger charge is -1.98. The lowest BCUT2D eigenvalue weighted by molar-refractivity contribution is 0.174. The normalized spacial score (nSPS) is 13.1. The molecule has 2 heterocycles. The molecule has 0 unspecified atom stereocenters. The Morgan fingerprint density at radius 2 is 2.06 bits per heavy atom. The summed E-state index contributed by atoms with van der Waals surface area (Å²) in [5.74, 6) is 3.03. The van der Waals surface area contributed by atoms with Crippen molar-refractivity contribution >= 4 is 0 Å². The van der Waals surface area contributed by atoms with Crippen molar-refractivity contribution in [3.63, 3.8) is 0 Å². The molecule has 0 radical (unpaired) electrons. The minimum Gasteiger partial charge on any atom is -0.454 e. The average Bonchev–Trinajstić information content (AvgIpc) is 2.93. The molecular weight excluding hydrogens is 218 g/mol. The highest BCUT2D eigenvalue weighted by molar-refractivity contribution is 5.60. The second-order valence-electron chi connectivity index (χ2n) is 3.94. The molecule has 3 rings (SSSR count). The summed E-state index contributed by atoms with van der Waals surface area (Å²) in [5.41, 5.74) is 1.91. The monoisotopic (exact) mass is 231 g/mol. The van der Waals surface area contributed by atoms with Crippen LogP contribution >= 0.6 is 0 Å². The van der Waals surface area contributed by atoms with Crippen molar-refractivity contribution in [1.82, 2.24) is 4.98 Å². The highest BCUT2D eigenvalue weighted by Gasteiger charge is 2.16. The number of aryl methyl sites for hydroxylation is 2. The molecule has 0 saturated heterocycles. The summed E-state index contributed by atoms with van der Waals surface area (Å²) < 4.78 is 16.2. The molecule has 0 atom stereocenters. The van der Waals surface area contributed by atoms with E-state index in [4.69, 9.17) is 13.9 Å². The first kappa shape index (κ1) is 10.2. The molecule has 0 bridgehead atoms. The van der Waals surface area contributed by atoms with Gasteiger partial charge in [0.05, 0.1) is 5.69 Å². The van der Waals surface area contributed by atoms with Gasteiger partial charge in [0.2, 0.25) is 12.7 Å². The maximum Gasteiger partial charge on any atom is 0.231 e. The zero-order valence-corrected chi connectivity index (χ0v) is 9.82. The lowest BCUT2D eigenvalue weighted by atomic mass is 10.2. The van der Waals surface area contributed by atoms with Crippen LogP contribution in [0.15, 0.2) is 22.6 Å². The van der Waals surface area contributed by atoms with Gasteiger partial charge in [-0.3, -0.25) is 0 Å². The summed E-state index contributed by atoms with van der Waals surface area (Å²) in [6.45, 7) is 4.28. The van der Waals surface area contributed by atoms with Gasteiger partial charge in [-0.1, -0.05) is 6.92 Å². The number of ether oxygens (including phenoxy) is 2. The number of hydrogen-bond donors (Lipinski definition) is 0. The fourth-order valence-electron chi connectivity index (χ4n) is 1.91. The molecule has 0 saturated carbocycles. The molecule has 88 valence electrons. The van der Waals surface area contributed by atoms with Gasteiger partial charge >= 0.3 is 0 Å². The van der Waals surface area contributed by atoms with E-state index in [1.807, 2.05) is 25.1 Å². The average molecular weight is 231 g/mol. The molecule has 1 aliphatic heterocycles. The second kappa shape index (κ2) is 3.80. The number of fused-ring (bicyclic) bond motifs is 1. The molecule has 1 aromatic carbocycles. The summed E-state index contributed by atoms with van der Waals surface area (Å²) in [4.78, 5) is 4.46. The van der Waals surface area contributed by atoms with Gasteiger partial charge in [0.25, 0.3) is 0 Å². The largest absolute Gasteiger partial charge is 0.454 e. The van der Waals surface area contributed by atoms with Gasteiger partial charge < -0.3 is 13.9 Å². The number of nitrogens with zero attached hydrogens (tertiary/aromatic N) is 1. The predicted molar refractivity (Wildman–Crippen MR) is 62.2 cm³/mol. The lowest BCUT2D eigenvalue weighted by Crippen LogP contribution is -1.92. The van der Waals surface area contributed by atoms with Crippen molar-refractivity contribution in [2.24, 2.45) is 0 Å². The third kappa shape index (κ3) is 1.65. The van der Waals surface area contributed by atoms with Gasteiger partial charge in [-0.2, -0.15) is 0 Å². The maximum absolute atomic E-state index is 5.64. The van der Waals surface area contributed by atoms with Crippen LogP contribution < -0.4 is 9.47 Å². The van der Waals surface area contributed by atoms with Crippen molar-refractivity contribution in [2.75, 3.05) is 6.79 Å². The van der Waals surface area contributed by atoms with Crippen molar-refractivity contribution in [2.45, 2.75) is 20.3 Å². The molecular formula is C13H13NO3. The standard InChI is InChI=1S/C13H13NO3/c1-3-10-8(2)17-13(14-10)9-4-5-11-12(6-9)16-7-15-11/h4-6H,3,7H2,1-2H3. The minimum absolute atomic E-state index is 0.281. The highest BCUT2D eigenvalue weighted by atomic mass is 16.7. The molecule has 0 fully saturated rings. The molecule has 1 aliphatic rings. The fourth-order valence-corrected chi connectivity index (χ4v) is 1.91. The van der Waals surface area contributed by atoms with E-state index in [9.17, 15) is 0 Å². The van der Waals surface area contributed by atoms with Gasteiger partial charge in [0.1, 0.15) is 5.76 Å². The number of aromatic nitrogens is 1. The number of rotatable bonds is 2. The van der Waals surface area contributed by atoms with E-state index in [1.54, 1.807) is 0 Å². The summed E-state index contributed by atoms with van der Waals surface area (Å²) in [6.07, 6.45) is 0.875. The van der Waals surface area contributed by atoms with Crippen molar-refractivity contribution < 1.29 is 13.9 Å². The molecule has 0 spiro atoms. The quantitative estimate of drug-likeness (QED) is 0.797. The third-order valence-corrected chi connectivity index (χ3v) is 2.85. The van der Waals surface area contributed by atoms with Crippen LogP contribution in [0.4, 0.5) is 0 Å². The summed E-state index contributed by atoms with van der Waals surface area (Å²) in [5, 5.41) is 0. The van der Waals surface area contributed by atoms with E-state index >= 15 is 0 Å². The Morgan fingerprint density at radius 3 is 2.82 bits per heavy atom. The van der Waals surface area contributed by atoms with E-state index in [1.165, 1.54) is 0 Å². The van der Waals surface area contributed by atoms with E-state index in [0.29, 0.717) is 5.89 Å². The zero-order chi connectivity index (χ0) is 11.8. The van der Waals surface area contributed by atoms with E-state index in [2.05, 4.69) is 11.9 Å². The zero-order valence-electron chi connectivity index (χ0n) is 9.82. The van der Waals surface area contributed by atoms with E-state index in [-0.39, 0.29) is 6.79 Å². The van der Waals surface area contributed by atoms with Crippen LogP contribution in [0, 0.1) is 6.92 Å². The summed E-state index contributed by atoms with van der Waals surface area (Å²) in [7, 11) is 0. The number of benzene rings is 1. The van der Waals surface area contributed by atoms with Crippen LogP contribution in [0.3, 0.4) is 0 Å². The highest BCUT2D eigenvalue weighted by Crippen LogP contribution is 2.35. The molecule has 0 amide bonds. The van der Waals surface area contributed by atoms with E-state index in [0.717, 1.165) is 34.9 Å². The molecule has 2 aromatic rings. The molecule has 0 N–H and O–H groups in total. The summed E-state index contributed by atoms with van der Waals surface area (Å²) in [6, 6.07) is 5.70. The van der Waals surface area contributed by atoms with Gasteiger partial charge in [0, 0.05) is 5.56 Å². The molecule has 4 nitrogen and oxygen atoms in total. The SMILES string of the molecule is CCc1nc(-c2ccc3c(c2)OCO3)oc1C. The Morgan fingerprint density at radius 1 is 1.24 bits per heavy atom. The first-order chi connectivity index (χ1) is 8.28. The van der Waals surface area contributed by atoms with Crippen LogP contribution in [0.1, 0.15) is 18.4 Å². The first-order valence-corrected chi connectivity index (χ1v) is 5.64. The van der Waals surface area contributed by atoms with Crippen LogP contribution in [0.25, 0.3) is 11.5 Å². The third-order valence-electron chi connectivity index (χ3n) is 2.85.